The summed E-state index contributed by atoms with van der Waals surface area (Å²) in [6, 6.07) is 7.73. The van der Waals surface area contributed by atoms with Crippen molar-refractivity contribution >= 4 is 17.0 Å². The molecule has 0 atom stereocenters. The van der Waals surface area contributed by atoms with Crippen molar-refractivity contribution in [2.45, 2.75) is 25.9 Å². The third-order valence-electron chi connectivity index (χ3n) is 3.68. The number of fused-ring (bicyclic) bond motifs is 1. The molecule has 0 aliphatic heterocycles. The maximum absolute atomic E-state index is 9.11. The standard InChI is InChI=1S/C14H19N5/c1-14(2,18(3)4)9-19-11-7-5-6-10(8-15)12(11)17-13(19)16/h5-7H,9H2,1-4H3,(H2,16,17). The van der Waals surface area contributed by atoms with Gasteiger partial charge in [0.05, 0.1) is 11.1 Å². The summed E-state index contributed by atoms with van der Waals surface area (Å²) >= 11 is 0. The Hall–Kier alpha value is -2.06. The van der Waals surface area contributed by atoms with E-state index in [9.17, 15) is 0 Å². The Morgan fingerprint density at radius 3 is 2.68 bits per heavy atom. The number of hydrogen-bond acceptors (Lipinski definition) is 4. The molecule has 2 N–H and O–H groups in total. The van der Waals surface area contributed by atoms with Crippen LogP contribution in [0.3, 0.4) is 0 Å². The van der Waals surface area contributed by atoms with Crippen molar-refractivity contribution in [1.29, 1.82) is 5.26 Å². The molecule has 0 spiro atoms. The van der Waals surface area contributed by atoms with E-state index in [0.717, 1.165) is 12.1 Å². The third-order valence-corrected chi connectivity index (χ3v) is 3.68. The number of imidazole rings is 1. The molecule has 2 aromatic rings. The molecule has 0 saturated heterocycles. The quantitative estimate of drug-likeness (QED) is 0.910. The van der Waals surface area contributed by atoms with Crippen LogP contribution >= 0.6 is 0 Å². The van der Waals surface area contributed by atoms with E-state index in [4.69, 9.17) is 11.0 Å². The van der Waals surface area contributed by atoms with Gasteiger partial charge in [0.25, 0.3) is 0 Å². The fraction of sp³-hybridized carbons (Fsp3) is 0.429. The van der Waals surface area contributed by atoms with Crippen LogP contribution in [0.15, 0.2) is 18.2 Å². The van der Waals surface area contributed by atoms with E-state index < -0.39 is 0 Å². The Kier molecular flexibility index (Phi) is 3.21. The first-order chi connectivity index (χ1) is 8.86. The second-order valence-electron chi connectivity index (χ2n) is 5.55. The van der Waals surface area contributed by atoms with Crippen molar-refractivity contribution in [2.75, 3.05) is 19.8 Å². The number of nitrogens with two attached hydrogens (primary N) is 1. The van der Waals surface area contributed by atoms with Crippen LogP contribution in [-0.4, -0.2) is 34.1 Å². The van der Waals surface area contributed by atoms with Crippen molar-refractivity contribution in [2.24, 2.45) is 0 Å². The summed E-state index contributed by atoms with van der Waals surface area (Å²) in [6.07, 6.45) is 0. The predicted octanol–water partition coefficient (Wildman–Crippen LogP) is 1.83. The van der Waals surface area contributed by atoms with Gasteiger partial charge < -0.3 is 15.2 Å². The molecular formula is C14H19N5. The zero-order valence-corrected chi connectivity index (χ0v) is 11.8. The maximum Gasteiger partial charge on any atom is 0.201 e. The molecule has 0 amide bonds. The van der Waals surface area contributed by atoms with Crippen molar-refractivity contribution in [3.05, 3.63) is 23.8 Å². The molecule has 0 saturated carbocycles. The van der Waals surface area contributed by atoms with Crippen molar-refractivity contribution < 1.29 is 0 Å². The van der Waals surface area contributed by atoms with Crippen LogP contribution in [0.1, 0.15) is 19.4 Å². The Bertz CT molecular complexity index is 646. The number of anilines is 1. The summed E-state index contributed by atoms with van der Waals surface area (Å²) < 4.78 is 1.97. The van der Waals surface area contributed by atoms with E-state index in [1.807, 2.05) is 30.8 Å². The van der Waals surface area contributed by atoms with Gasteiger partial charge in [-0.1, -0.05) is 6.07 Å². The molecule has 5 nitrogen and oxygen atoms in total. The molecule has 0 radical (unpaired) electrons. The van der Waals surface area contributed by atoms with Gasteiger partial charge in [-0.15, -0.1) is 0 Å². The lowest BCUT2D eigenvalue weighted by Gasteiger charge is -2.33. The molecule has 0 unspecified atom stereocenters. The van der Waals surface area contributed by atoms with E-state index >= 15 is 0 Å². The number of aromatic nitrogens is 2. The zero-order valence-electron chi connectivity index (χ0n) is 11.8. The molecule has 19 heavy (non-hydrogen) atoms. The predicted molar refractivity (Wildman–Crippen MR) is 76.6 cm³/mol. The SMILES string of the molecule is CN(C)C(C)(C)Cn1c(N)nc2c(C#N)cccc21. The van der Waals surface area contributed by atoms with Crippen molar-refractivity contribution in [1.82, 2.24) is 14.5 Å². The van der Waals surface area contributed by atoms with Crippen LogP contribution < -0.4 is 5.73 Å². The lowest BCUT2D eigenvalue weighted by atomic mass is 10.0. The summed E-state index contributed by atoms with van der Waals surface area (Å²) in [4.78, 5) is 6.47. The summed E-state index contributed by atoms with van der Waals surface area (Å²) in [5.74, 6) is 0.452. The number of hydrogen-bond donors (Lipinski definition) is 1. The fourth-order valence-electron chi connectivity index (χ4n) is 1.95. The van der Waals surface area contributed by atoms with E-state index in [1.54, 1.807) is 6.07 Å². The van der Waals surface area contributed by atoms with Crippen molar-refractivity contribution in [3.8, 4) is 6.07 Å². The van der Waals surface area contributed by atoms with Gasteiger partial charge in [-0.2, -0.15) is 5.26 Å². The number of para-hydroxylation sites is 1. The average molecular weight is 257 g/mol. The molecule has 5 heteroatoms. The van der Waals surface area contributed by atoms with Gasteiger partial charge in [0, 0.05) is 12.1 Å². The number of likely N-dealkylation sites (N-methyl/N-ethyl adjacent to an activating group) is 1. The third kappa shape index (κ3) is 2.27. The van der Waals surface area contributed by atoms with Gasteiger partial charge in [-0.3, -0.25) is 0 Å². The smallest absolute Gasteiger partial charge is 0.201 e. The number of benzene rings is 1. The summed E-state index contributed by atoms with van der Waals surface area (Å²) in [5.41, 5.74) is 8.10. The molecule has 100 valence electrons. The number of nitriles is 1. The van der Waals surface area contributed by atoms with Crippen molar-refractivity contribution in [3.63, 3.8) is 0 Å². The maximum atomic E-state index is 9.11. The van der Waals surface area contributed by atoms with Gasteiger partial charge in [0.15, 0.2) is 0 Å². The largest absolute Gasteiger partial charge is 0.369 e. The highest BCUT2D eigenvalue weighted by Crippen LogP contribution is 2.24. The van der Waals surface area contributed by atoms with Gasteiger partial charge in [0.2, 0.25) is 5.95 Å². The number of nitrogens with zero attached hydrogens (tertiary/aromatic N) is 4. The highest BCUT2D eigenvalue weighted by molar-refractivity contribution is 5.84. The molecule has 1 aromatic heterocycles. The van der Waals surface area contributed by atoms with Crippen LogP contribution in [0.2, 0.25) is 0 Å². The highest BCUT2D eigenvalue weighted by Gasteiger charge is 2.23. The summed E-state index contributed by atoms with van der Waals surface area (Å²) in [5, 5.41) is 9.11. The van der Waals surface area contributed by atoms with Crippen LogP contribution in [0.4, 0.5) is 5.95 Å². The highest BCUT2D eigenvalue weighted by atomic mass is 15.2. The van der Waals surface area contributed by atoms with Gasteiger partial charge in [-0.05, 0) is 40.1 Å². The first kappa shape index (κ1) is 13.4. The minimum atomic E-state index is -0.0512. The average Bonchev–Trinajstić information content (AvgIpc) is 2.65. The zero-order chi connectivity index (χ0) is 14.2. The van der Waals surface area contributed by atoms with Crippen LogP contribution in [0, 0.1) is 11.3 Å². The number of nitrogen functional groups attached to an aromatic ring is 1. The second kappa shape index (κ2) is 4.56. The summed E-state index contributed by atoms with van der Waals surface area (Å²) in [6.45, 7) is 5.01. The molecule has 0 aliphatic carbocycles. The second-order valence-corrected chi connectivity index (χ2v) is 5.55. The van der Waals surface area contributed by atoms with Crippen LogP contribution in [0.25, 0.3) is 11.0 Å². The Morgan fingerprint density at radius 1 is 1.42 bits per heavy atom. The first-order valence-electron chi connectivity index (χ1n) is 6.19. The topological polar surface area (TPSA) is 70.9 Å². The van der Waals surface area contributed by atoms with E-state index in [2.05, 4.69) is 29.8 Å². The molecule has 0 bridgehead atoms. The fourth-order valence-corrected chi connectivity index (χ4v) is 1.95. The lowest BCUT2D eigenvalue weighted by Crippen LogP contribution is -2.42. The molecule has 1 aromatic carbocycles. The van der Waals surface area contributed by atoms with E-state index in [1.165, 1.54) is 0 Å². The van der Waals surface area contributed by atoms with Gasteiger partial charge in [-0.25, -0.2) is 4.98 Å². The monoisotopic (exact) mass is 257 g/mol. The Balaban J connectivity index is 2.57. The normalized spacial score (nSPS) is 12.0. The molecule has 2 rings (SSSR count). The first-order valence-corrected chi connectivity index (χ1v) is 6.19. The lowest BCUT2D eigenvalue weighted by molar-refractivity contribution is 0.172. The Labute approximate surface area is 113 Å². The molecule has 0 fully saturated rings. The van der Waals surface area contributed by atoms with Crippen LogP contribution in [0.5, 0.6) is 0 Å². The molecular weight excluding hydrogens is 238 g/mol. The minimum Gasteiger partial charge on any atom is -0.369 e. The molecule has 1 heterocycles. The Morgan fingerprint density at radius 2 is 2.11 bits per heavy atom. The van der Waals surface area contributed by atoms with Gasteiger partial charge >= 0.3 is 0 Å². The van der Waals surface area contributed by atoms with Crippen LogP contribution in [-0.2, 0) is 6.54 Å². The summed E-state index contributed by atoms with van der Waals surface area (Å²) in [7, 11) is 4.08. The molecule has 0 aliphatic rings. The number of rotatable bonds is 3. The van der Waals surface area contributed by atoms with Gasteiger partial charge in [0.1, 0.15) is 11.6 Å². The van der Waals surface area contributed by atoms with E-state index in [0.29, 0.717) is 17.0 Å². The minimum absolute atomic E-state index is 0.0512. The van der Waals surface area contributed by atoms with E-state index in [-0.39, 0.29) is 5.54 Å².